The van der Waals surface area contributed by atoms with Gasteiger partial charge in [-0.3, -0.25) is 0 Å². The van der Waals surface area contributed by atoms with Gasteiger partial charge in [-0.25, -0.2) is 9.59 Å². The van der Waals surface area contributed by atoms with Gasteiger partial charge in [-0.2, -0.15) is 0 Å². The highest BCUT2D eigenvalue weighted by molar-refractivity contribution is 5.87. The van der Waals surface area contributed by atoms with Gasteiger partial charge in [0.2, 0.25) is 0 Å². The van der Waals surface area contributed by atoms with Crippen molar-refractivity contribution in [2.75, 3.05) is 6.61 Å². The van der Waals surface area contributed by atoms with E-state index in [1.54, 1.807) is 0 Å². The first kappa shape index (κ1) is 14.4. The first-order chi connectivity index (χ1) is 7.38. The Hall–Kier alpha value is -1.62. The third-order valence-electron chi connectivity index (χ3n) is 1.85. The van der Waals surface area contributed by atoms with E-state index >= 15 is 0 Å². The molecule has 0 rings (SSSR count). The molecule has 0 aromatic heterocycles. The number of carboxylic acids is 1. The summed E-state index contributed by atoms with van der Waals surface area (Å²) in [6.45, 7) is 5.96. The molecule has 0 spiro atoms. The molecule has 0 aromatic carbocycles. The van der Waals surface area contributed by atoms with Gasteiger partial charge in [0.05, 0.1) is 6.61 Å². The van der Waals surface area contributed by atoms with Crippen molar-refractivity contribution in [2.45, 2.75) is 26.4 Å². The molecule has 0 saturated carbocycles. The molecule has 0 amide bonds. The van der Waals surface area contributed by atoms with Gasteiger partial charge < -0.3 is 14.9 Å². The number of rotatable bonds is 6. The Kier molecular flexibility index (Phi) is 6.10. The molecule has 0 heterocycles. The highest BCUT2D eigenvalue weighted by Gasteiger charge is 2.13. The van der Waals surface area contributed by atoms with E-state index in [1.807, 2.05) is 0 Å². The maximum absolute atomic E-state index is 11.1. The minimum Gasteiger partial charge on any atom is -0.478 e. The number of aliphatic hydroxyl groups excluding tert-OH is 1. The van der Waals surface area contributed by atoms with Gasteiger partial charge in [-0.1, -0.05) is 12.7 Å². The molecule has 90 valence electrons. The molecule has 0 fully saturated rings. The Morgan fingerprint density at radius 2 is 2.00 bits per heavy atom. The molecule has 2 N–H and O–H groups in total. The van der Waals surface area contributed by atoms with Gasteiger partial charge in [-0.15, -0.1) is 0 Å². The Labute approximate surface area is 94.0 Å². The van der Waals surface area contributed by atoms with Crippen molar-refractivity contribution >= 4 is 11.9 Å². The largest absolute Gasteiger partial charge is 0.478 e. The van der Waals surface area contributed by atoms with Crippen LogP contribution in [0, 0.1) is 0 Å². The van der Waals surface area contributed by atoms with Crippen molar-refractivity contribution in [1.29, 1.82) is 0 Å². The molecule has 16 heavy (non-hydrogen) atoms. The number of aliphatic carboxylic acids is 1. The Bertz CT molecular complexity index is 316. The third-order valence-corrected chi connectivity index (χ3v) is 1.85. The fourth-order valence-corrected chi connectivity index (χ4v) is 0.807. The van der Waals surface area contributed by atoms with Crippen LogP contribution in [0.3, 0.4) is 0 Å². The first-order valence-corrected chi connectivity index (χ1v) is 4.75. The topological polar surface area (TPSA) is 83.8 Å². The van der Waals surface area contributed by atoms with Crippen LogP contribution in [0.2, 0.25) is 0 Å². The minimum absolute atomic E-state index is 0.143. The second-order valence-corrected chi connectivity index (χ2v) is 3.42. The molecular weight excluding hydrogens is 212 g/mol. The van der Waals surface area contributed by atoms with Crippen LogP contribution in [0.25, 0.3) is 0 Å². The second-order valence-electron chi connectivity index (χ2n) is 3.42. The van der Waals surface area contributed by atoms with Crippen LogP contribution in [-0.2, 0) is 14.3 Å². The van der Waals surface area contributed by atoms with E-state index in [-0.39, 0.29) is 24.2 Å². The number of carbonyl (C=O) groups is 2. The Morgan fingerprint density at radius 3 is 2.38 bits per heavy atom. The molecule has 0 radical (unpaired) electrons. The molecule has 0 aliphatic heterocycles. The van der Waals surface area contributed by atoms with Gasteiger partial charge in [0.25, 0.3) is 0 Å². The SMILES string of the molecule is C=C(C)C(=O)OC(CO)CC=C(C)C(=O)O. The molecule has 0 saturated heterocycles. The molecule has 0 aliphatic carbocycles. The van der Waals surface area contributed by atoms with Crippen LogP contribution in [0.5, 0.6) is 0 Å². The smallest absolute Gasteiger partial charge is 0.333 e. The van der Waals surface area contributed by atoms with Crippen LogP contribution >= 0.6 is 0 Å². The summed E-state index contributed by atoms with van der Waals surface area (Å²) >= 11 is 0. The number of hydrogen-bond acceptors (Lipinski definition) is 4. The lowest BCUT2D eigenvalue weighted by Gasteiger charge is -2.13. The van der Waals surface area contributed by atoms with E-state index in [1.165, 1.54) is 19.9 Å². The first-order valence-electron chi connectivity index (χ1n) is 4.75. The zero-order valence-corrected chi connectivity index (χ0v) is 9.40. The summed E-state index contributed by atoms with van der Waals surface area (Å²) in [5.74, 6) is -1.64. The van der Waals surface area contributed by atoms with E-state index < -0.39 is 18.0 Å². The Morgan fingerprint density at radius 1 is 1.44 bits per heavy atom. The summed E-state index contributed by atoms with van der Waals surface area (Å²) in [6, 6.07) is 0. The molecule has 5 heteroatoms. The zero-order valence-electron chi connectivity index (χ0n) is 9.40. The van der Waals surface area contributed by atoms with Gasteiger partial charge in [0.15, 0.2) is 0 Å². The number of aliphatic hydroxyl groups is 1. The summed E-state index contributed by atoms with van der Waals surface area (Å²) in [5, 5.41) is 17.5. The fourth-order valence-electron chi connectivity index (χ4n) is 0.807. The molecule has 0 aliphatic rings. The molecule has 1 unspecified atom stereocenters. The van der Waals surface area contributed by atoms with E-state index in [9.17, 15) is 9.59 Å². The average molecular weight is 228 g/mol. The van der Waals surface area contributed by atoms with Gasteiger partial charge in [0, 0.05) is 17.6 Å². The lowest BCUT2D eigenvalue weighted by atomic mass is 10.2. The van der Waals surface area contributed by atoms with E-state index in [0.29, 0.717) is 0 Å². The van der Waals surface area contributed by atoms with Crippen LogP contribution in [0.1, 0.15) is 20.3 Å². The summed E-state index contributed by atoms with van der Waals surface area (Å²) in [6.07, 6.45) is 0.821. The number of ether oxygens (including phenoxy) is 1. The molecule has 5 nitrogen and oxygen atoms in total. The van der Waals surface area contributed by atoms with E-state index in [0.717, 1.165) is 0 Å². The van der Waals surface area contributed by atoms with Crippen molar-refractivity contribution in [2.24, 2.45) is 0 Å². The second kappa shape index (κ2) is 6.79. The van der Waals surface area contributed by atoms with Gasteiger partial charge in [-0.05, 0) is 13.8 Å². The highest BCUT2D eigenvalue weighted by atomic mass is 16.6. The van der Waals surface area contributed by atoms with Gasteiger partial charge in [0.1, 0.15) is 6.10 Å². The molecule has 1 atom stereocenters. The molecule has 0 aromatic rings. The third kappa shape index (κ3) is 5.31. The fraction of sp³-hybridized carbons (Fsp3) is 0.455. The predicted octanol–water partition coefficient (Wildman–Crippen LogP) is 0.888. The maximum atomic E-state index is 11.1. The minimum atomic E-state index is -1.04. The van der Waals surface area contributed by atoms with Crippen molar-refractivity contribution < 1.29 is 24.5 Å². The normalized spacial score (nSPS) is 13.1. The lowest BCUT2D eigenvalue weighted by molar-refractivity contribution is -0.145. The lowest BCUT2D eigenvalue weighted by Crippen LogP contribution is -2.21. The zero-order chi connectivity index (χ0) is 12.7. The van der Waals surface area contributed by atoms with Crippen LogP contribution in [0.4, 0.5) is 0 Å². The van der Waals surface area contributed by atoms with Crippen LogP contribution in [0.15, 0.2) is 23.8 Å². The van der Waals surface area contributed by atoms with Gasteiger partial charge >= 0.3 is 11.9 Å². The van der Waals surface area contributed by atoms with Crippen LogP contribution < -0.4 is 0 Å². The summed E-state index contributed by atoms with van der Waals surface area (Å²) in [4.78, 5) is 21.6. The van der Waals surface area contributed by atoms with Crippen molar-refractivity contribution in [3.05, 3.63) is 23.8 Å². The van der Waals surface area contributed by atoms with Crippen molar-refractivity contribution in [3.8, 4) is 0 Å². The van der Waals surface area contributed by atoms with Crippen LogP contribution in [-0.4, -0.2) is 34.9 Å². The van der Waals surface area contributed by atoms with E-state index in [4.69, 9.17) is 14.9 Å². The monoisotopic (exact) mass is 228 g/mol. The number of esters is 1. The Balaban J connectivity index is 4.32. The maximum Gasteiger partial charge on any atom is 0.333 e. The van der Waals surface area contributed by atoms with Crippen molar-refractivity contribution in [1.82, 2.24) is 0 Å². The average Bonchev–Trinajstić information content (AvgIpc) is 2.22. The molecule has 0 bridgehead atoms. The standard InChI is InChI=1S/C11H16O5/c1-7(2)11(15)16-9(6-12)5-4-8(3)10(13)14/h4,9,12H,1,5-6H2,2-3H3,(H,13,14). The summed E-state index contributed by atoms with van der Waals surface area (Å²) in [7, 11) is 0. The van der Waals surface area contributed by atoms with E-state index in [2.05, 4.69) is 6.58 Å². The number of carboxylic acid groups (broad SMARTS) is 1. The quantitative estimate of drug-likeness (QED) is 0.521. The summed E-state index contributed by atoms with van der Waals surface area (Å²) < 4.78 is 4.87. The predicted molar refractivity (Wildman–Crippen MR) is 57.8 cm³/mol. The number of hydrogen-bond donors (Lipinski definition) is 2. The van der Waals surface area contributed by atoms with Crippen molar-refractivity contribution in [3.63, 3.8) is 0 Å². The molecular formula is C11H16O5. The highest BCUT2D eigenvalue weighted by Crippen LogP contribution is 2.05. The summed E-state index contributed by atoms with van der Waals surface area (Å²) in [5.41, 5.74) is 0.377. The number of carbonyl (C=O) groups excluding carboxylic acids is 1.